The second-order valence-corrected chi connectivity index (χ2v) is 7.35. The van der Waals surface area contributed by atoms with Crippen molar-refractivity contribution in [2.45, 2.75) is 18.4 Å². The Labute approximate surface area is 157 Å². The summed E-state index contributed by atoms with van der Waals surface area (Å²) in [6.45, 7) is 0. The minimum Gasteiger partial charge on any atom is -0.378 e. The molecule has 2 aliphatic heterocycles. The molecule has 2 aromatic carbocycles. The van der Waals surface area contributed by atoms with E-state index in [1.165, 1.54) is 4.90 Å². The van der Waals surface area contributed by atoms with Crippen molar-refractivity contribution >= 4 is 50.7 Å². The number of hydrogen-bond donors (Lipinski definition) is 0. The number of amides is 2. The topological polar surface area (TPSA) is 59.0 Å². The first-order chi connectivity index (χ1) is 12.0. The molecular weight excluding hydrogens is 408 g/mol. The molecule has 1 saturated heterocycles. The molecule has 0 radical (unpaired) electrons. The molecule has 7 heteroatoms. The molecule has 126 valence electrons. The van der Waals surface area contributed by atoms with Crippen LogP contribution >= 0.6 is 27.5 Å². The van der Waals surface area contributed by atoms with Crippen LogP contribution in [0.4, 0.5) is 5.69 Å². The number of nitrogens with zero attached hydrogens (tertiary/aromatic N) is 2. The maximum atomic E-state index is 12.9. The van der Waals surface area contributed by atoms with Crippen LogP contribution in [0.25, 0.3) is 0 Å². The van der Waals surface area contributed by atoms with E-state index in [2.05, 4.69) is 21.1 Å². The Kier molecular flexibility index (Phi) is 3.89. The maximum absolute atomic E-state index is 12.9. The standard InChI is InChI=1S/C18H12BrClN2O3/c19-12-3-7-14(8-4-12)22-16(23)10-18(17(22)24)9-15(21-25-18)11-1-5-13(20)6-2-11/h1-8H,9-10H2/t18-/m1/s1. The lowest BCUT2D eigenvalue weighted by Gasteiger charge is -2.19. The fraction of sp³-hybridized carbons (Fsp3) is 0.167. The van der Waals surface area contributed by atoms with Gasteiger partial charge in [-0.25, -0.2) is 4.90 Å². The minimum atomic E-state index is -1.25. The molecule has 0 N–H and O–H groups in total. The van der Waals surface area contributed by atoms with E-state index in [0.717, 1.165) is 10.0 Å². The van der Waals surface area contributed by atoms with Crippen LogP contribution in [0, 0.1) is 0 Å². The van der Waals surface area contributed by atoms with Crippen LogP contribution in [0.1, 0.15) is 18.4 Å². The molecule has 0 aliphatic carbocycles. The average Bonchev–Trinajstić information content (AvgIpc) is 3.12. The number of anilines is 1. The van der Waals surface area contributed by atoms with Gasteiger partial charge in [-0.15, -0.1) is 0 Å². The van der Waals surface area contributed by atoms with E-state index in [9.17, 15) is 9.59 Å². The summed E-state index contributed by atoms with van der Waals surface area (Å²) in [6, 6.07) is 14.1. The van der Waals surface area contributed by atoms with Crippen LogP contribution in [0.2, 0.25) is 5.02 Å². The van der Waals surface area contributed by atoms with Gasteiger partial charge < -0.3 is 4.84 Å². The summed E-state index contributed by atoms with van der Waals surface area (Å²) in [4.78, 5) is 32.1. The lowest BCUT2D eigenvalue weighted by atomic mass is 9.92. The highest BCUT2D eigenvalue weighted by atomic mass is 79.9. The van der Waals surface area contributed by atoms with Gasteiger partial charge in [0.15, 0.2) is 0 Å². The zero-order chi connectivity index (χ0) is 17.6. The van der Waals surface area contributed by atoms with E-state index in [1.54, 1.807) is 36.4 Å². The van der Waals surface area contributed by atoms with Gasteiger partial charge in [0.25, 0.3) is 5.91 Å². The van der Waals surface area contributed by atoms with E-state index in [1.807, 2.05) is 12.1 Å². The molecule has 0 saturated carbocycles. The lowest BCUT2D eigenvalue weighted by molar-refractivity contribution is -0.136. The van der Waals surface area contributed by atoms with Crippen molar-refractivity contribution in [2.75, 3.05) is 4.90 Å². The van der Waals surface area contributed by atoms with Crippen LogP contribution in [0.3, 0.4) is 0 Å². The molecule has 25 heavy (non-hydrogen) atoms. The zero-order valence-electron chi connectivity index (χ0n) is 12.9. The van der Waals surface area contributed by atoms with Crippen LogP contribution in [0.15, 0.2) is 58.2 Å². The number of carbonyl (C=O) groups is 2. The van der Waals surface area contributed by atoms with Crippen molar-refractivity contribution in [2.24, 2.45) is 5.16 Å². The highest BCUT2D eigenvalue weighted by molar-refractivity contribution is 9.10. The number of carbonyl (C=O) groups excluding carboxylic acids is 2. The molecule has 5 nitrogen and oxygen atoms in total. The highest BCUT2D eigenvalue weighted by Gasteiger charge is 2.58. The molecule has 0 aromatic heterocycles. The van der Waals surface area contributed by atoms with Gasteiger partial charge in [0.2, 0.25) is 11.5 Å². The van der Waals surface area contributed by atoms with Gasteiger partial charge in [-0.2, -0.15) is 0 Å². The Bertz CT molecular complexity index is 896. The lowest BCUT2D eigenvalue weighted by Crippen LogP contribution is -2.40. The highest BCUT2D eigenvalue weighted by Crippen LogP contribution is 2.39. The number of benzene rings is 2. The Balaban J connectivity index is 1.60. The SMILES string of the molecule is O=C1C[C@]2(CC(c3ccc(Cl)cc3)=NO2)C(=O)N1c1ccc(Br)cc1. The van der Waals surface area contributed by atoms with E-state index in [4.69, 9.17) is 16.4 Å². The molecule has 4 rings (SSSR count). The van der Waals surface area contributed by atoms with Crippen molar-refractivity contribution in [1.29, 1.82) is 0 Å². The summed E-state index contributed by atoms with van der Waals surface area (Å²) in [5, 5.41) is 4.68. The van der Waals surface area contributed by atoms with Crippen molar-refractivity contribution in [3.05, 3.63) is 63.6 Å². The Morgan fingerprint density at radius 1 is 1.04 bits per heavy atom. The summed E-state index contributed by atoms with van der Waals surface area (Å²) in [5.74, 6) is -0.674. The van der Waals surface area contributed by atoms with E-state index < -0.39 is 5.60 Å². The number of hydrogen-bond acceptors (Lipinski definition) is 4. The van der Waals surface area contributed by atoms with E-state index in [-0.39, 0.29) is 24.7 Å². The third-order valence-corrected chi connectivity index (χ3v) is 5.11. The molecule has 2 amide bonds. The molecule has 0 unspecified atom stereocenters. The molecule has 1 atom stereocenters. The third kappa shape index (κ3) is 2.75. The zero-order valence-corrected chi connectivity index (χ0v) is 15.3. The molecule has 2 aliphatic rings. The number of rotatable bonds is 2. The fourth-order valence-corrected chi connectivity index (χ4v) is 3.44. The van der Waals surface area contributed by atoms with Crippen molar-refractivity contribution < 1.29 is 14.4 Å². The average molecular weight is 420 g/mol. The second kappa shape index (κ2) is 5.97. The minimum absolute atomic E-state index is 0.0253. The van der Waals surface area contributed by atoms with Crippen LogP contribution in [-0.4, -0.2) is 23.1 Å². The van der Waals surface area contributed by atoms with Gasteiger partial charge in [0.05, 0.1) is 17.8 Å². The Morgan fingerprint density at radius 2 is 1.72 bits per heavy atom. The van der Waals surface area contributed by atoms with Gasteiger partial charge in [0, 0.05) is 15.9 Å². The first-order valence-corrected chi connectivity index (χ1v) is 8.80. The first kappa shape index (κ1) is 16.3. The quantitative estimate of drug-likeness (QED) is 0.693. The van der Waals surface area contributed by atoms with Crippen LogP contribution < -0.4 is 4.90 Å². The van der Waals surface area contributed by atoms with Crippen LogP contribution in [0.5, 0.6) is 0 Å². The van der Waals surface area contributed by atoms with E-state index in [0.29, 0.717) is 16.4 Å². The molecule has 0 bridgehead atoms. The predicted molar refractivity (Wildman–Crippen MR) is 97.7 cm³/mol. The number of halogens is 2. The van der Waals surface area contributed by atoms with Gasteiger partial charge in [-0.3, -0.25) is 9.59 Å². The molecule has 1 spiro atoms. The van der Waals surface area contributed by atoms with Crippen molar-refractivity contribution in [3.8, 4) is 0 Å². The summed E-state index contributed by atoms with van der Waals surface area (Å²) >= 11 is 9.24. The fourth-order valence-electron chi connectivity index (χ4n) is 3.05. The Hall–Kier alpha value is -2.18. The van der Waals surface area contributed by atoms with Gasteiger partial charge in [-0.1, -0.05) is 44.8 Å². The Morgan fingerprint density at radius 3 is 2.40 bits per heavy atom. The summed E-state index contributed by atoms with van der Waals surface area (Å²) in [7, 11) is 0. The van der Waals surface area contributed by atoms with E-state index >= 15 is 0 Å². The summed E-state index contributed by atoms with van der Waals surface area (Å²) < 4.78 is 0.871. The maximum Gasteiger partial charge on any atom is 0.281 e. The second-order valence-electron chi connectivity index (χ2n) is 5.99. The molecule has 1 fully saturated rings. The molecular formula is C18H12BrClN2O3. The van der Waals surface area contributed by atoms with Gasteiger partial charge in [-0.05, 0) is 42.0 Å². The molecule has 2 aromatic rings. The largest absolute Gasteiger partial charge is 0.378 e. The summed E-state index contributed by atoms with van der Waals surface area (Å²) in [5.41, 5.74) is 0.733. The van der Waals surface area contributed by atoms with Crippen molar-refractivity contribution in [1.82, 2.24) is 0 Å². The molecule has 2 heterocycles. The smallest absolute Gasteiger partial charge is 0.281 e. The van der Waals surface area contributed by atoms with Gasteiger partial charge >= 0.3 is 0 Å². The number of oxime groups is 1. The normalized spacial score (nSPS) is 22.5. The summed E-state index contributed by atoms with van der Waals surface area (Å²) in [6.07, 6.45) is 0.231. The van der Waals surface area contributed by atoms with Crippen molar-refractivity contribution in [3.63, 3.8) is 0 Å². The van der Waals surface area contributed by atoms with Gasteiger partial charge in [0.1, 0.15) is 0 Å². The monoisotopic (exact) mass is 418 g/mol. The number of imide groups is 1. The van der Waals surface area contributed by atoms with Crippen LogP contribution in [-0.2, 0) is 14.4 Å². The first-order valence-electron chi connectivity index (χ1n) is 7.62. The predicted octanol–water partition coefficient (Wildman–Crippen LogP) is 3.93. The third-order valence-electron chi connectivity index (χ3n) is 4.32.